The van der Waals surface area contributed by atoms with Gasteiger partial charge in [-0.15, -0.1) is 0 Å². The van der Waals surface area contributed by atoms with Crippen molar-refractivity contribution in [3.05, 3.63) is 76.5 Å². The monoisotopic (exact) mass is 368 g/mol. The number of rotatable bonds is 4. The summed E-state index contributed by atoms with van der Waals surface area (Å²) in [6, 6.07) is 20.1. The van der Waals surface area contributed by atoms with Gasteiger partial charge in [0, 0.05) is 15.9 Å². The molecule has 0 aliphatic heterocycles. The molecule has 0 radical (unpaired) electrons. The summed E-state index contributed by atoms with van der Waals surface area (Å²) in [5.41, 5.74) is 4.21. The van der Waals surface area contributed by atoms with Gasteiger partial charge in [0.2, 0.25) is 0 Å². The molecule has 0 atom stereocenters. The average Bonchev–Trinajstić information content (AvgIpc) is 2.95. The summed E-state index contributed by atoms with van der Waals surface area (Å²) in [4.78, 5) is 4.56. The number of halogens is 1. The van der Waals surface area contributed by atoms with Gasteiger partial charge >= 0.3 is 0 Å². The lowest BCUT2D eigenvalue weighted by molar-refractivity contribution is 0.414. The van der Waals surface area contributed by atoms with Gasteiger partial charge in [-0.1, -0.05) is 15.9 Å². The summed E-state index contributed by atoms with van der Waals surface area (Å²) < 4.78 is 8.44. The Kier molecular flexibility index (Phi) is 4.63. The van der Waals surface area contributed by atoms with E-state index in [1.807, 2.05) is 54.7 Å². The molecule has 116 valence electrons. The summed E-state index contributed by atoms with van der Waals surface area (Å²) in [6.45, 7) is 2.08. The van der Waals surface area contributed by atoms with E-state index in [-0.39, 0.29) is 0 Å². The number of hydrogen-bond donors (Lipinski definition) is 0. The van der Waals surface area contributed by atoms with Crippen LogP contribution in [0.5, 0.6) is 5.75 Å². The second kappa shape index (κ2) is 6.84. The Balaban J connectivity index is 1.93. The number of aliphatic imine (C=N–C) groups is 1. The molecule has 2 aromatic carbocycles. The third-order valence-corrected chi connectivity index (χ3v) is 4.14. The Morgan fingerprint density at radius 3 is 2.30 bits per heavy atom. The topological polar surface area (TPSA) is 26.5 Å². The van der Waals surface area contributed by atoms with Crippen molar-refractivity contribution in [2.45, 2.75) is 6.92 Å². The van der Waals surface area contributed by atoms with Crippen LogP contribution < -0.4 is 4.74 Å². The summed E-state index contributed by atoms with van der Waals surface area (Å²) >= 11 is 3.43. The van der Waals surface area contributed by atoms with Crippen LogP contribution in [0.25, 0.3) is 5.69 Å². The highest BCUT2D eigenvalue weighted by atomic mass is 79.9. The van der Waals surface area contributed by atoms with Crippen LogP contribution in [0.2, 0.25) is 0 Å². The molecule has 3 rings (SSSR count). The van der Waals surface area contributed by atoms with Gasteiger partial charge < -0.3 is 9.30 Å². The van der Waals surface area contributed by atoms with Crippen LogP contribution in [0.1, 0.15) is 11.4 Å². The van der Waals surface area contributed by atoms with Crippen molar-refractivity contribution in [2.24, 2.45) is 4.99 Å². The van der Waals surface area contributed by atoms with E-state index in [0.29, 0.717) is 0 Å². The van der Waals surface area contributed by atoms with Gasteiger partial charge in [0.1, 0.15) is 5.75 Å². The molecule has 4 heteroatoms. The molecule has 0 fully saturated rings. The SMILES string of the molecule is COc1ccc(-n2c(C)ccc2C=Nc2ccc(Br)cc2)cc1. The second-order valence-electron chi connectivity index (χ2n) is 5.17. The van der Waals surface area contributed by atoms with Crippen molar-refractivity contribution >= 4 is 27.8 Å². The van der Waals surface area contributed by atoms with Crippen molar-refractivity contribution in [1.82, 2.24) is 4.57 Å². The number of ether oxygens (including phenoxy) is 1. The maximum absolute atomic E-state index is 5.22. The Hall–Kier alpha value is -2.33. The van der Waals surface area contributed by atoms with E-state index >= 15 is 0 Å². The normalized spacial score (nSPS) is 11.1. The van der Waals surface area contributed by atoms with E-state index < -0.39 is 0 Å². The van der Waals surface area contributed by atoms with Crippen LogP contribution in [-0.4, -0.2) is 17.9 Å². The largest absolute Gasteiger partial charge is 0.497 e. The smallest absolute Gasteiger partial charge is 0.119 e. The number of aryl methyl sites for hydroxylation is 1. The summed E-state index contributed by atoms with van der Waals surface area (Å²) in [5, 5.41) is 0. The molecule has 1 heterocycles. The first-order chi connectivity index (χ1) is 11.2. The van der Waals surface area contributed by atoms with Crippen molar-refractivity contribution in [3.63, 3.8) is 0 Å². The minimum Gasteiger partial charge on any atom is -0.497 e. The molecule has 0 amide bonds. The fraction of sp³-hybridized carbons (Fsp3) is 0.105. The van der Waals surface area contributed by atoms with Gasteiger partial charge in [-0.2, -0.15) is 0 Å². The van der Waals surface area contributed by atoms with Crippen molar-refractivity contribution < 1.29 is 4.74 Å². The fourth-order valence-electron chi connectivity index (χ4n) is 2.41. The highest BCUT2D eigenvalue weighted by Crippen LogP contribution is 2.21. The first-order valence-electron chi connectivity index (χ1n) is 7.30. The van der Waals surface area contributed by atoms with E-state index in [4.69, 9.17) is 4.74 Å². The van der Waals surface area contributed by atoms with Crippen molar-refractivity contribution in [2.75, 3.05) is 7.11 Å². The molecule has 0 N–H and O–H groups in total. The molecule has 3 aromatic rings. The third kappa shape index (κ3) is 3.54. The van der Waals surface area contributed by atoms with Crippen LogP contribution in [0, 0.1) is 6.92 Å². The molecule has 0 saturated carbocycles. The molecule has 0 spiro atoms. The number of nitrogens with zero attached hydrogens (tertiary/aromatic N) is 2. The van der Waals surface area contributed by atoms with Crippen molar-refractivity contribution in [3.8, 4) is 11.4 Å². The number of methoxy groups -OCH3 is 1. The molecule has 0 unspecified atom stereocenters. The average molecular weight is 369 g/mol. The van der Waals surface area contributed by atoms with Gasteiger partial charge in [-0.25, -0.2) is 0 Å². The first kappa shape index (κ1) is 15.6. The lowest BCUT2D eigenvalue weighted by atomic mass is 10.3. The quantitative estimate of drug-likeness (QED) is 0.573. The zero-order valence-electron chi connectivity index (χ0n) is 13.0. The van der Waals surface area contributed by atoms with Crippen molar-refractivity contribution in [1.29, 1.82) is 0 Å². The standard InChI is InChI=1S/C19H17BrN2O/c1-14-3-8-18(13-21-16-6-4-15(20)5-7-16)22(14)17-9-11-19(23-2)12-10-17/h3-13H,1-2H3. The molecular weight excluding hydrogens is 352 g/mol. The highest BCUT2D eigenvalue weighted by molar-refractivity contribution is 9.10. The zero-order chi connectivity index (χ0) is 16.2. The Morgan fingerprint density at radius 2 is 1.65 bits per heavy atom. The summed E-state index contributed by atoms with van der Waals surface area (Å²) in [6.07, 6.45) is 1.89. The van der Waals surface area contributed by atoms with E-state index in [0.717, 1.165) is 33.0 Å². The predicted molar refractivity (Wildman–Crippen MR) is 98.5 cm³/mol. The Morgan fingerprint density at radius 1 is 0.957 bits per heavy atom. The minimum absolute atomic E-state index is 0.851. The molecular formula is C19H17BrN2O. The lowest BCUT2D eigenvalue weighted by Crippen LogP contribution is -2.01. The first-order valence-corrected chi connectivity index (χ1v) is 8.09. The van der Waals surface area contributed by atoms with E-state index in [2.05, 4.69) is 44.5 Å². The van der Waals surface area contributed by atoms with Crippen LogP contribution in [0.15, 0.2) is 70.1 Å². The molecule has 3 nitrogen and oxygen atoms in total. The van der Waals surface area contributed by atoms with Gasteiger partial charge in [-0.05, 0) is 67.6 Å². The van der Waals surface area contributed by atoms with Crippen LogP contribution in [0.4, 0.5) is 5.69 Å². The molecule has 0 aliphatic rings. The highest BCUT2D eigenvalue weighted by Gasteiger charge is 2.06. The van der Waals surface area contributed by atoms with E-state index in [1.54, 1.807) is 7.11 Å². The zero-order valence-corrected chi connectivity index (χ0v) is 14.6. The second-order valence-corrected chi connectivity index (χ2v) is 6.08. The van der Waals surface area contributed by atoms with Crippen LogP contribution in [-0.2, 0) is 0 Å². The Bertz CT molecular complexity index is 818. The van der Waals surface area contributed by atoms with E-state index in [9.17, 15) is 0 Å². The van der Waals surface area contributed by atoms with Gasteiger partial charge in [-0.3, -0.25) is 4.99 Å². The van der Waals surface area contributed by atoms with Crippen LogP contribution in [0.3, 0.4) is 0 Å². The molecule has 23 heavy (non-hydrogen) atoms. The van der Waals surface area contributed by atoms with Gasteiger partial charge in [0.25, 0.3) is 0 Å². The summed E-state index contributed by atoms with van der Waals surface area (Å²) in [5.74, 6) is 0.851. The Labute approximate surface area is 144 Å². The molecule has 1 aromatic heterocycles. The fourth-order valence-corrected chi connectivity index (χ4v) is 2.68. The maximum atomic E-state index is 5.22. The van der Waals surface area contributed by atoms with Crippen LogP contribution >= 0.6 is 15.9 Å². The number of benzene rings is 2. The maximum Gasteiger partial charge on any atom is 0.119 e. The number of hydrogen-bond acceptors (Lipinski definition) is 2. The summed E-state index contributed by atoms with van der Waals surface area (Å²) in [7, 11) is 1.67. The molecule has 0 aliphatic carbocycles. The van der Waals surface area contributed by atoms with Gasteiger partial charge in [0.05, 0.1) is 24.7 Å². The number of aromatic nitrogens is 1. The lowest BCUT2D eigenvalue weighted by Gasteiger charge is -2.10. The molecule has 0 bridgehead atoms. The minimum atomic E-state index is 0.851. The predicted octanol–water partition coefficient (Wildman–Crippen LogP) is 5.31. The molecule has 0 saturated heterocycles. The van der Waals surface area contributed by atoms with E-state index in [1.165, 1.54) is 0 Å². The van der Waals surface area contributed by atoms with Gasteiger partial charge in [0.15, 0.2) is 0 Å². The third-order valence-electron chi connectivity index (χ3n) is 3.61.